The number of nitrogens with one attached hydrogen (secondary N) is 1. The Morgan fingerprint density at radius 1 is 1.32 bits per heavy atom. The Balaban J connectivity index is 1.41. The molecular weight excluding hydrogens is 276 g/mol. The number of aliphatic hydroxyl groups is 1. The molecule has 4 aliphatic carbocycles. The van der Waals surface area contributed by atoms with Gasteiger partial charge in [0, 0.05) is 12.1 Å². The number of nitrogens with zero attached hydrogens (tertiary/aromatic N) is 1. The van der Waals surface area contributed by atoms with Crippen LogP contribution in [0.1, 0.15) is 51.4 Å². The van der Waals surface area contributed by atoms with Gasteiger partial charge in [-0.15, -0.1) is 6.42 Å². The van der Waals surface area contributed by atoms with Crippen LogP contribution >= 0.6 is 0 Å². The van der Waals surface area contributed by atoms with E-state index in [1.54, 1.807) is 0 Å². The van der Waals surface area contributed by atoms with Crippen LogP contribution in [0, 0.1) is 24.2 Å². The number of hydrogen-bond donors (Lipinski definition) is 2. The normalized spacial score (nSPS) is 46.0. The predicted octanol–water partition coefficient (Wildman–Crippen LogP) is 1.28. The van der Waals surface area contributed by atoms with Crippen molar-refractivity contribution in [3.8, 4) is 12.3 Å². The van der Waals surface area contributed by atoms with Crippen LogP contribution in [0.25, 0.3) is 0 Å². The zero-order valence-electron chi connectivity index (χ0n) is 13.2. The van der Waals surface area contributed by atoms with Gasteiger partial charge in [0.1, 0.15) is 0 Å². The van der Waals surface area contributed by atoms with Crippen LogP contribution in [0.3, 0.4) is 0 Å². The topological polar surface area (TPSA) is 52.6 Å². The maximum atomic E-state index is 12.5. The average Bonchev–Trinajstić information content (AvgIpc) is 2.90. The highest BCUT2D eigenvalue weighted by molar-refractivity contribution is 5.79. The van der Waals surface area contributed by atoms with Crippen LogP contribution in [0.15, 0.2) is 0 Å². The van der Waals surface area contributed by atoms with Crippen molar-refractivity contribution in [2.75, 3.05) is 13.1 Å². The molecule has 3 atom stereocenters. The second-order valence-electron chi connectivity index (χ2n) is 8.23. The number of terminal acetylenes is 1. The third kappa shape index (κ3) is 2.35. The minimum Gasteiger partial charge on any atom is -0.390 e. The summed E-state index contributed by atoms with van der Waals surface area (Å²) in [4.78, 5) is 14.3. The monoisotopic (exact) mass is 302 g/mol. The van der Waals surface area contributed by atoms with E-state index in [4.69, 9.17) is 6.42 Å². The minimum atomic E-state index is -0.477. The number of carbonyl (C=O) groups is 1. The summed E-state index contributed by atoms with van der Waals surface area (Å²) in [7, 11) is 0. The van der Waals surface area contributed by atoms with Gasteiger partial charge in [0.15, 0.2) is 0 Å². The number of hydrogen-bond acceptors (Lipinski definition) is 3. The molecule has 0 aromatic rings. The maximum absolute atomic E-state index is 12.5. The zero-order valence-corrected chi connectivity index (χ0v) is 13.2. The molecule has 0 aromatic heterocycles. The van der Waals surface area contributed by atoms with Gasteiger partial charge in [0.2, 0.25) is 5.91 Å². The summed E-state index contributed by atoms with van der Waals surface area (Å²) in [6.45, 7) is 1.16. The maximum Gasteiger partial charge on any atom is 0.237 e. The fraction of sp³-hybridized carbons (Fsp3) is 0.833. The van der Waals surface area contributed by atoms with Crippen molar-refractivity contribution in [2.45, 2.75) is 68.5 Å². The third-order valence-corrected chi connectivity index (χ3v) is 6.41. The molecule has 0 radical (unpaired) electrons. The van der Waals surface area contributed by atoms with Gasteiger partial charge in [-0.05, 0) is 63.2 Å². The molecule has 1 heterocycles. The van der Waals surface area contributed by atoms with E-state index in [9.17, 15) is 9.90 Å². The number of likely N-dealkylation sites (tertiary alicyclic amines) is 1. The van der Waals surface area contributed by atoms with E-state index in [1.807, 2.05) is 4.90 Å². The van der Waals surface area contributed by atoms with Crippen molar-refractivity contribution in [3.05, 3.63) is 0 Å². The van der Waals surface area contributed by atoms with Crippen molar-refractivity contribution in [1.29, 1.82) is 0 Å². The van der Waals surface area contributed by atoms with E-state index in [0.29, 0.717) is 18.4 Å². The second-order valence-corrected chi connectivity index (χ2v) is 8.23. The van der Waals surface area contributed by atoms with E-state index in [0.717, 1.165) is 51.5 Å². The van der Waals surface area contributed by atoms with Gasteiger partial charge in [-0.1, -0.05) is 5.92 Å². The van der Waals surface area contributed by atoms with Crippen LogP contribution in [-0.4, -0.2) is 46.2 Å². The lowest BCUT2D eigenvalue weighted by Gasteiger charge is -2.60. The highest BCUT2D eigenvalue weighted by Gasteiger charge is 2.57. The quantitative estimate of drug-likeness (QED) is 0.772. The van der Waals surface area contributed by atoms with E-state index in [2.05, 4.69) is 11.2 Å². The van der Waals surface area contributed by atoms with Gasteiger partial charge < -0.3 is 15.3 Å². The highest BCUT2D eigenvalue weighted by atomic mass is 16.3. The van der Waals surface area contributed by atoms with Crippen LogP contribution < -0.4 is 5.32 Å². The zero-order chi connectivity index (χ0) is 15.4. The average molecular weight is 302 g/mol. The number of carbonyl (C=O) groups excluding carboxylic acids is 1. The molecule has 1 aliphatic heterocycles. The van der Waals surface area contributed by atoms with E-state index in [1.165, 1.54) is 6.42 Å². The molecular formula is C18H26N2O2. The van der Waals surface area contributed by atoms with Crippen molar-refractivity contribution >= 4 is 5.91 Å². The molecule has 22 heavy (non-hydrogen) atoms. The largest absolute Gasteiger partial charge is 0.390 e. The Kier molecular flexibility index (Phi) is 3.29. The number of amides is 1. The molecule has 1 amide bonds. The molecule has 0 spiro atoms. The Morgan fingerprint density at radius 3 is 2.68 bits per heavy atom. The summed E-state index contributed by atoms with van der Waals surface area (Å²) in [6, 6.07) is -0.0187. The molecule has 2 N–H and O–H groups in total. The minimum absolute atomic E-state index is 0.0140. The first-order valence-electron chi connectivity index (χ1n) is 8.74. The third-order valence-electron chi connectivity index (χ3n) is 6.41. The summed E-state index contributed by atoms with van der Waals surface area (Å²) in [6.07, 6.45) is 13.7. The summed E-state index contributed by atoms with van der Waals surface area (Å²) < 4.78 is 0. The molecule has 4 nitrogen and oxygen atoms in total. The fourth-order valence-corrected chi connectivity index (χ4v) is 6.02. The van der Waals surface area contributed by atoms with Crippen molar-refractivity contribution in [2.24, 2.45) is 11.8 Å². The lowest BCUT2D eigenvalue weighted by Crippen LogP contribution is -2.65. The van der Waals surface area contributed by atoms with Gasteiger partial charge >= 0.3 is 0 Å². The highest BCUT2D eigenvalue weighted by Crippen LogP contribution is 2.57. The first kappa shape index (κ1) is 14.5. The first-order valence-corrected chi connectivity index (χ1v) is 8.74. The molecule has 1 saturated heterocycles. The molecule has 5 fully saturated rings. The molecule has 2 unspecified atom stereocenters. The number of rotatable bonds is 3. The van der Waals surface area contributed by atoms with Crippen molar-refractivity contribution < 1.29 is 9.90 Å². The Labute approximate surface area is 132 Å². The van der Waals surface area contributed by atoms with Crippen LogP contribution in [0.2, 0.25) is 0 Å². The molecule has 5 aliphatic rings. The van der Waals surface area contributed by atoms with Gasteiger partial charge in [0.05, 0.1) is 18.2 Å². The Hall–Kier alpha value is -1.05. The van der Waals surface area contributed by atoms with Crippen LogP contribution in [0.5, 0.6) is 0 Å². The van der Waals surface area contributed by atoms with Crippen molar-refractivity contribution in [1.82, 2.24) is 10.2 Å². The lowest BCUT2D eigenvalue weighted by atomic mass is 9.51. The summed E-state index contributed by atoms with van der Waals surface area (Å²) in [5.74, 6) is 4.14. The van der Waals surface area contributed by atoms with E-state index < -0.39 is 5.60 Å². The van der Waals surface area contributed by atoms with Crippen LogP contribution in [0.4, 0.5) is 0 Å². The van der Waals surface area contributed by atoms with Crippen molar-refractivity contribution in [3.63, 3.8) is 0 Å². The second kappa shape index (κ2) is 4.97. The van der Waals surface area contributed by atoms with Crippen LogP contribution in [-0.2, 0) is 4.79 Å². The van der Waals surface area contributed by atoms with Gasteiger partial charge in [-0.3, -0.25) is 4.79 Å². The summed E-state index contributed by atoms with van der Waals surface area (Å²) >= 11 is 0. The first-order chi connectivity index (χ1) is 10.5. The Morgan fingerprint density at radius 2 is 2.05 bits per heavy atom. The van der Waals surface area contributed by atoms with Gasteiger partial charge in [-0.2, -0.15) is 0 Å². The summed E-state index contributed by atoms with van der Waals surface area (Å²) in [5.41, 5.74) is -0.491. The molecule has 5 rings (SSSR count). The molecule has 4 heteroatoms. The molecule has 4 saturated carbocycles. The molecule has 120 valence electrons. The van der Waals surface area contributed by atoms with E-state index in [-0.39, 0.29) is 17.5 Å². The van der Waals surface area contributed by atoms with E-state index >= 15 is 0 Å². The SMILES string of the molecule is C#C[C@@H]1CCCN1C(=O)CNC12CC3CC(CC(O)(C3)C1)C2. The lowest BCUT2D eigenvalue weighted by molar-refractivity contribution is -0.147. The molecule has 4 bridgehead atoms. The molecule has 0 aromatic carbocycles. The predicted molar refractivity (Wildman–Crippen MR) is 83.9 cm³/mol. The van der Waals surface area contributed by atoms with Gasteiger partial charge in [0.25, 0.3) is 0 Å². The fourth-order valence-electron chi connectivity index (χ4n) is 6.02. The standard InChI is InChI=1S/C18H26N2O2/c1-2-15-4-3-5-20(15)16(21)11-19-17-7-13-6-14(8-17)10-18(22,9-13)12-17/h1,13-15,19,22H,3-12H2/t13?,14?,15-,17?,18?/m1/s1. The van der Waals surface area contributed by atoms with Gasteiger partial charge in [-0.25, -0.2) is 0 Å². The smallest absolute Gasteiger partial charge is 0.237 e. The Bertz CT molecular complexity index is 510. The summed E-state index contributed by atoms with van der Waals surface area (Å²) in [5, 5.41) is 14.3.